The van der Waals surface area contributed by atoms with Gasteiger partial charge in [-0.25, -0.2) is 4.98 Å². The number of anilines is 3. The maximum Gasteiger partial charge on any atom is 0.252 e. The minimum Gasteiger partial charge on any atom is -0.356 e. The molecule has 2 aromatic carbocycles. The van der Waals surface area contributed by atoms with Crippen molar-refractivity contribution in [3.8, 4) is 0 Å². The van der Waals surface area contributed by atoms with E-state index in [2.05, 4.69) is 26.1 Å². The second-order valence-electron chi connectivity index (χ2n) is 6.99. The fourth-order valence-corrected chi connectivity index (χ4v) is 3.18. The highest BCUT2D eigenvalue weighted by Gasteiger charge is 2.16. The van der Waals surface area contributed by atoms with Crippen LogP contribution in [0, 0.1) is 6.92 Å². The van der Waals surface area contributed by atoms with Crippen molar-refractivity contribution in [1.82, 2.24) is 15.5 Å². The topological polar surface area (TPSA) is 109 Å². The molecule has 31 heavy (non-hydrogen) atoms. The average Bonchev–Trinajstić information content (AvgIpc) is 3.18. The monoisotopic (exact) mass is 415 g/mol. The Labute approximate surface area is 178 Å². The van der Waals surface area contributed by atoms with Crippen LogP contribution in [0.1, 0.15) is 21.6 Å². The minimum absolute atomic E-state index is 0.0189. The molecule has 0 saturated heterocycles. The first-order chi connectivity index (χ1) is 15.0. The van der Waals surface area contributed by atoms with Gasteiger partial charge < -0.3 is 20.5 Å². The normalized spacial score (nSPS) is 10.6. The summed E-state index contributed by atoms with van der Waals surface area (Å²) in [6, 6.07) is 16.7. The summed E-state index contributed by atoms with van der Waals surface area (Å²) in [4.78, 5) is 29.2. The summed E-state index contributed by atoms with van der Waals surface area (Å²) in [5, 5.41) is 13.4. The highest BCUT2D eigenvalue weighted by Crippen LogP contribution is 2.27. The van der Waals surface area contributed by atoms with Gasteiger partial charge in [-0.1, -0.05) is 35.5 Å². The lowest BCUT2D eigenvalue weighted by Crippen LogP contribution is -2.20. The Morgan fingerprint density at radius 2 is 1.81 bits per heavy atom. The van der Waals surface area contributed by atoms with Crippen molar-refractivity contribution < 1.29 is 14.1 Å². The molecule has 0 saturated carbocycles. The fraction of sp³-hybridized carbons (Fsp3) is 0.130. The predicted molar refractivity (Wildman–Crippen MR) is 118 cm³/mol. The van der Waals surface area contributed by atoms with E-state index in [0.717, 1.165) is 16.6 Å². The molecule has 0 aliphatic carbocycles. The maximum absolute atomic E-state index is 12.8. The number of carbonyl (C=O) groups is 2. The van der Waals surface area contributed by atoms with E-state index in [1.165, 1.54) is 13.2 Å². The van der Waals surface area contributed by atoms with Crippen molar-refractivity contribution in [2.24, 2.45) is 0 Å². The van der Waals surface area contributed by atoms with E-state index in [1.807, 2.05) is 49.4 Å². The van der Waals surface area contributed by atoms with Crippen LogP contribution in [-0.4, -0.2) is 29.0 Å². The predicted octanol–water partition coefficient (Wildman–Crippen LogP) is 3.82. The lowest BCUT2D eigenvalue weighted by molar-refractivity contribution is -0.115. The number of hydrogen-bond donors (Lipinski definition) is 3. The van der Waals surface area contributed by atoms with Crippen LogP contribution in [0.4, 0.5) is 17.2 Å². The zero-order chi connectivity index (χ0) is 21.8. The summed E-state index contributed by atoms with van der Waals surface area (Å²) in [7, 11) is 1.54. The van der Waals surface area contributed by atoms with Gasteiger partial charge in [0.15, 0.2) is 11.4 Å². The Bertz CT molecular complexity index is 1270. The summed E-state index contributed by atoms with van der Waals surface area (Å²) < 4.78 is 5.27. The number of aryl methyl sites for hydroxylation is 1. The van der Waals surface area contributed by atoms with E-state index in [9.17, 15) is 9.59 Å². The van der Waals surface area contributed by atoms with Crippen LogP contribution in [0.3, 0.4) is 0 Å². The molecule has 4 aromatic rings. The molecule has 2 heterocycles. The first kappa shape index (κ1) is 20.1. The third-order valence-corrected chi connectivity index (χ3v) is 4.83. The molecule has 3 N–H and O–H groups in total. The van der Waals surface area contributed by atoms with E-state index < -0.39 is 0 Å². The number of aromatic nitrogens is 2. The van der Waals surface area contributed by atoms with Crippen LogP contribution < -0.4 is 16.0 Å². The molecule has 0 atom stereocenters. The number of benzene rings is 2. The molecule has 0 aliphatic rings. The van der Waals surface area contributed by atoms with Gasteiger partial charge >= 0.3 is 0 Å². The van der Waals surface area contributed by atoms with Crippen LogP contribution in [-0.2, 0) is 11.2 Å². The maximum atomic E-state index is 12.8. The minimum atomic E-state index is -0.303. The van der Waals surface area contributed by atoms with Gasteiger partial charge in [-0.05, 0) is 36.8 Å². The molecular formula is C23H21N5O3. The van der Waals surface area contributed by atoms with Gasteiger partial charge in [-0.15, -0.1) is 0 Å². The second kappa shape index (κ2) is 8.66. The number of fused-ring (bicyclic) bond motifs is 1. The van der Waals surface area contributed by atoms with Gasteiger partial charge in [0.1, 0.15) is 5.69 Å². The van der Waals surface area contributed by atoms with Crippen LogP contribution in [0.15, 0.2) is 65.3 Å². The number of amides is 2. The van der Waals surface area contributed by atoms with Gasteiger partial charge in [0.2, 0.25) is 5.91 Å². The van der Waals surface area contributed by atoms with Gasteiger partial charge in [0.25, 0.3) is 5.91 Å². The highest BCUT2D eigenvalue weighted by atomic mass is 16.5. The molecule has 0 spiro atoms. The van der Waals surface area contributed by atoms with Crippen molar-refractivity contribution in [2.45, 2.75) is 13.3 Å². The lowest BCUT2D eigenvalue weighted by atomic mass is 10.1. The van der Waals surface area contributed by atoms with E-state index in [1.54, 1.807) is 12.1 Å². The number of nitrogens with zero attached hydrogens (tertiary/aromatic N) is 2. The molecule has 0 radical (unpaired) electrons. The number of para-hydroxylation sites is 2. The van der Waals surface area contributed by atoms with Crippen molar-refractivity contribution in [3.63, 3.8) is 0 Å². The van der Waals surface area contributed by atoms with Gasteiger partial charge in [-0.3, -0.25) is 9.59 Å². The van der Waals surface area contributed by atoms with Gasteiger partial charge in [-0.2, -0.15) is 0 Å². The number of rotatable bonds is 6. The van der Waals surface area contributed by atoms with Crippen molar-refractivity contribution in [3.05, 3.63) is 77.6 Å². The summed E-state index contributed by atoms with van der Waals surface area (Å²) in [5.41, 5.74) is 3.75. The number of nitrogens with one attached hydrogen (secondary N) is 3. The Hall–Kier alpha value is -4.20. The molecule has 0 aliphatic heterocycles. The van der Waals surface area contributed by atoms with E-state index in [0.29, 0.717) is 28.3 Å². The molecule has 0 fully saturated rings. The Morgan fingerprint density at radius 1 is 1.03 bits per heavy atom. The van der Waals surface area contributed by atoms with Gasteiger partial charge in [0, 0.05) is 24.3 Å². The molecule has 4 rings (SSSR count). The lowest BCUT2D eigenvalue weighted by Gasteiger charge is -2.14. The second-order valence-corrected chi connectivity index (χ2v) is 6.99. The quantitative estimate of drug-likeness (QED) is 0.442. The summed E-state index contributed by atoms with van der Waals surface area (Å²) >= 11 is 0. The third kappa shape index (κ3) is 4.37. The molecular weight excluding hydrogens is 394 g/mol. The Morgan fingerprint density at radius 3 is 2.61 bits per heavy atom. The molecule has 8 heteroatoms. The Balaban J connectivity index is 1.62. The van der Waals surface area contributed by atoms with Crippen LogP contribution in [0.2, 0.25) is 0 Å². The van der Waals surface area contributed by atoms with E-state index >= 15 is 0 Å². The zero-order valence-electron chi connectivity index (χ0n) is 17.1. The third-order valence-electron chi connectivity index (χ3n) is 4.83. The summed E-state index contributed by atoms with van der Waals surface area (Å²) in [5.74, 6) is -0.170. The largest absolute Gasteiger partial charge is 0.356 e. The number of carbonyl (C=O) groups excluding carboxylic acids is 2. The van der Waals surface area contributed by atoms with E-state index in [4.69, 9.17) is 4.52 Å². The first-order valence-electron chi connectivity index (χ1n) is 9.73. The van der Waals surface area contributed by atoms with Crippen molar-refractivity contribution >= 4 is 40.0 Å². The standard InChI is InChI=1S/C23H21N5O3/c1-14-7-3-5-9-17(14)27-22-19(11-15(13-25-22)23(30)24-2)26-21(29)12-18-16-8-4-6-10-20(16)31-28-18/h3-11,13H,12H2,1-2H3,(H,24,30)(H,25,27)(H,26,29). The van der Waals surface area contributed by atoms with Crippen LogP contribution in [0.5, 0.6) is 0 Å². The fourth-order valence-electron chi connectivity index (χ4n) is 3.18. The van der Waals surface area contributed by atoms with Crippen molar-refractivity contribution in [1.29, 1.82) is 0 Å². The van der Waals surface area contributed by atoms with Crippen LogP contribution in [0.25, 0.3) is 11.0 Å². The first-order valence-corrected chi connectivity index (χ1v) is 9.73. The SMILES string of the molecule is CNC(=O)c1cnc(Nc2ccccc2C)c(NC(=O)Cc2noc3ccccc23)c1. The zero-order valence-corrected chi connectivity index (χ0v) is 17.1. The molecule has 0 bridgehead atoms. The molecule has 2 amide bonds. The highest BCUT2D eigenvalue weighted by molar-refractivity contribution is 6.00. The summed E-state index contributed by atoms with van der Waals surface area (Å²) in [6.45, 7) is 1.97. The summed E-state index contributed by atoms with van der Waals surface area (Å²) in [6.07, 6.45) is 1.48. The molecule has 8 nitrogen and oxygen atoms in total. The Kier molecular flexibility index (Phi) is 5.61. The molecule has 2 aromatic heterocycles. The smallest absolute Gasteiger partial charge is 0.252 e. The van der Waals surface area contributed by atoms with Crippen molar-refractivity contribution in [2.75, 3.05) is 17.7 Å². The average molecular weight is 415 g/mol. The van der Waals surface area contributed by atoms with Gasteiger partial charge in [0.05, 0.1) is 17.7 Å². The van der Waals surface area contributed by atoms with Crippen LogP contribution >= 0.6 is 0 Å². The number of hydrogen-bond acceptors (Lipinski definition) is 6. The molecule has 156 valence electrons. The molecule has 0 unspecified atom stereocenters. The van der Waals surface area contributed by atoms with E-state index in [-0.39, 0.29) is 18.2 Å². The number of pyridine rings is 1.